The average Bonchev–Trinajstić information content (AvgIpc) is 2.88. The molecule has 2 aromatic heterocycles. The lowest BCUT2D eigenvalue weighted by Crippen LogP contribution is -2.19. The van der Waals surface area contributed by atoms with Gasteiger partial charge in [0, 0.05) is 24.8 Å². The Hall–Kier alpha value is -1.69. The lowest BCUT2D eigenvalue weighted by Gasteiger charge is -2.08. The summed E-state index contributed by atoms with van der Waals surface area (Å²) in [4.78, 5) is 0. The molecule has 0 saturated carbocycles. The van der Waals surface area contributed by atoms with E-state index in [0.717, 1.165) is 24.6 Å². The molecule has 0 fully saturated rings. The highest BCUT2D eigenvalue weighted by Gasteiger charge is 2.13. The summed E-state index contributed by atoms with van der Waals surface area (Å²) in [6.45, 7) is 11.2. The van der Waals surface area contributed by atoms with Crippen molar-refractivity contribution in [2.75, 3.05) is 6.54 Å². The third-order valence-electron chi connectivity index (χ3n) is 3.48. The number of nitrogens with one attached hydrogen (secondary N) is 1. The van der Waals surface area contributed by atoms with Gasteiger partial charge < -0.3 is 9.88 Å². The molecular weight excluding hydrogens is 252 g/mol. The standard InChI is InChI=1S/C14H24N6/c1-10(2)6-15-7-13-11(3)18-20(12(13)4)8-14-17-16-9-19(14)5/h9-10,15H,6-8H2,1-5H3. The minimum atomic E-state index is 0.657. The number of aromatic nitrogens is 5. The van der Waals surface area contributed by atoms with Gasteiger partial charge in [0.1, 0.15) is 12.9 Å². The fourth-order valence-electron chi connectivity index (χ4n) is 2.21. The second kappa shape index (κ2) is 6.17. The molecule has 0 amide bonds. The van der Waals surface area contributed by atoms with E-state index >= 15 is 0 Å². The maximum Gasteiger partial charge on any atom is 0.154 e. The SMILES string of the molecule is Cc1nn(Cc2nncn2C)c(C)c1CNCC(C)C. The average molecular weight is 276 g/mol. The zero-order valence-electron chi connectivity index (χ0n) is 13.0. The van der Waals surface area contributed by atoms with E-state index in [4.69, 9.17) is 0 Å². The number of aryl methyl sites for hydroxylation is 2. The lowest BCUT2D eigenvalue weighted by atomic mass is 10.2. The summed E-state index contributed by atoms with van der Waals surface area (Å²) in [5.41, 5.74) is 3.57. The summed E-state index contributed by atoms with van der Waals surface area (Å²) in [5, 5.41) is 16.1. The molecule has 6 heteroatoms. The maximum absolute atomic E-state index is 4.62. The molecule has 0 saturated heterocycles. The summed E-state index contributed by atoms with van der Waals surface area (Å²) in [6.07, 6.45) is 1.71. The molecule has 0 spiro atoms. The van der Waals surface area contributed by atoms with E-state index < -0.39 is 0 Å². The van der Waals surface area contributed by atoms with Crippen LogP contribution in [-0.2, 0) is 20.1 Å². The van der Waals surface area contributed by atoms with Crippen LogP contribution >= 0.6 is 0 Å². The van der Waals surface area contributed by atoms with Gasteiger partial charge in [-0.15, -0.1) is 10.2 Å². The molecule has 2 heterocycles. The van der Waals surface area contributed by atoms with Gasteiger partial charge in [-0.1, -0.05) is 13.8 Å². The van der Waals surface area contributed by atoms with Crippen molar-refractivity contribution in [2.24, 2.45) is 13.0 Å². The van der Waals surface area contributed by atoms with Crippen molar-refractivity contribution in [3.05, 3.63) is 29.1 Å². The Morgan fingerprint density at radius 1 is 1.30 bits per heavy atom. The van der Waals surface area contributed by atoms with Gasteiger partial charge in [-0.25, -0.2) is 0 Å². The molecule has 20 heavy (non-hydrogen) atoms. The van der Waals surface area contributed by atoms with Crippen LogP contribution in [-0.4, -0.2) is 31.1 Å². The van der Waals surface area contributed by atoms with E-state index in [1.165, 1.54) is 11.3 Å². The van der Waals surface area contributed by atoms with Crippen LogP contribution in [0.2, 0.25) is 0 Å². The number of hydrogen-bond donors (Lipinski definition) is 1. The van der Waals surface area contributed by atoms with E-state index in [2.05, 4.69) is 48.3 Å². The van der Waals surface area contributed by atoms with Crippen LogP contribution in [0.4, 0.5) is 0 Å². The Bertz CT molecular complexity index is 566. The van der Waals surface area contributed by atoms with Crippen molar-refractivity contribution < 1.29 is 0 Å². The van der Waals surface area contributed by atoms with Gasteiger partial charge in [-0.2, -0.15) is 5.10 Å². The summed E-state index contributed by atoms with van der Waals surface area (Å²) in [7, 11) is 1.95. The van der Waals surface area contributed by atoms with Crippen LogP contribution in [0.15, 0.2) is 6.33 Å². The van der Waals surface area contributed by atoms with Crippen LogP contribution in [0.25, 0.3) is 0 Å². The molecule has 1 N–H and O–H groups in total. The largest absolute Gasteiger partial charge is 0.319 e. The molecule has 6 nitrogen and oxygen atoms in total. The molecule has 0 bridgehead atoms. The first-order valence-corrected chi connectivity index (χ1v) is 7.05. The quantitative estimate of drug-likeness (QED) is 0.867. The Kier molecular flexibility index (Phi) is 4.54. The summed E-state index contributed by atoms with van der Waals surface area (Å²) < 4.78 is 3.93. The fraction of sp³-hybridized carbons (Fsp3) is 0.643. The molecule has 0 atom stereocenters. The monoisotopic (exact) mass is 276 g/mol. The predicted octanol–water partition coefficient (Wildman–Crippen LogP) is 1.42. The highest BCUT2D eigenvalue weighted by molar-refractivity contribution is 5.24. The van der Waals surface area contributed by atoms with E-state index in [1.54, 1.807) is 6.33 Å². The van der Waals surface area contributed by atoms with Crippen molar-refractivity contribution in [2.45, 2.75) is 40.8 Å². The smallest absolute Gasteiger partial charge is 0.154 e. The van der Waals surface area contributed by atoms with Gasteiger partial charge in [-0.05, 0) is 26.3 Å². The lowest BCUT2D eigenvalue weighted by molar-refractivity contribution is 0.550. The second-order valence-electron chi connectivity index (χ2n) is 5.69. The summed E-state index contributed by atoms with van der Waals surface area (Å²) in [5.74, 6) is 1.57. The van der Waals surface area contributed by atoms with Gasteiger partial charge in [0.2, 0.25) is 0 Å². The van der Waals surface area contributed by atoms with Gasteiger partial charge in [-0.3, -0.25) is 4.68 Å². The van der Waals surface area contributed by atoms with E-state index in [9.17, 15) is 0 Å². The first kappa shape index (κ1) is 14.7. The first-order chi connectivity index (χ1) is 9.49. The van der Waals surface area contributed by atoms with Crippen LogP contribution in [0.1, 0.15) is 36.6 Å². The third kappa shape index (κ3) is 3.25. The Morgan fingerprint density at radius 3 is 2.65 bits per heavy atom. The minimum absolute atomic E-state index is 0.657. The molecule has 2 aromatic rings. The molecule has 2 rings (SSSR count). The zero-order chi connectivity index (χ0) is 14.7. The summed E-state index contributed by atoms with van der Waals surface area (Å²) >= 11 is 0. The number of rotatable bonds is 6. The molecule has 110 valence electrons. The van der Waals surface area contributed by atoms with Crippen molar-refractivity contribution in [3.8, 4) is 0 Å². The molecule has 0 aliphatic carbocycles. The Balaban J connectivity index is 2.10. The highest BCUT2D eigenvalue weighted by Crippen LogP contribution is 2.14. The van der Waals surface area contributed by atoms with Crippen LogP contribution in [0.3, 0.4) is 0 Å². The van der Waals surface area contributed by atoms with Crippen LogP contribution < -0.4 is 5.32 Å². The second-order valence-corrected chi connectivity index (χ2v) is 5.69. The molecule has 0 unspecified atom stereocenters. The van der Waals surface area contributed by atoms with Crippen LogP contribution in [0.5, 0.6) is 0 Å². The fourth-order valence-corrected chi connectivity index (χ4v) is 2.21. The van der Waals surface area contributed by atoms with Crippen molar-refractivity contribution >= 4 is 0 Å². The molecule has 0 aliphatic rings. The number of nitrogens with zero attached hydrogens (tertiary/aromatic N) is 5. The van der Waals surface area contributed by atoms with Crippen LogP contribution in [0, 0.1) is 19.8 Å². The molecule has 0 aromatic carbocycles. The van der Waals surface area contributed by atoms with Crippen molar-refractivity contribution in [1.29, 1.82) is 0 Å². The summed E-state index contributed by atoms with van der Waals surface area (Å²) in [6, 6.07) is 0. The van der Waals surface area contributed by atoms with Gasteiger partial charge >= 0.3 is 0 Å². The van der Waals surface area contributed by atoms with Gasteiger partial charge in [0.15, 0.2) is 5.82 Å². The van der Waals surface area contributed by atoms with Gasteiger partial charge in [0.25, 0.3) is 0 Å². The highest BCUT2D eigenvalue weighted by atomic mass is 15.3. The van der Waals surface area contributed by atoms with Crippen molar-refractivity contribution in [1.82, 2.24) is 29.9 Å². The molecule has 0 radical (unpaired) electrons. The van der Waals surface area contributed by atoms with Crippen molar-refractivity contribution in [3.63, 3.8) is 0 Å². The first-order valence-electron chi connectivity index (χ1n) is 7.05. The van der Waals surface area contributed by atoms with E-state index in [0.29, 0.717) is 12.5 Å². The third-order valence-corrected chi connectivity index (χ3v) is 3.48. The van der Waals surface area contributed by atoms with E-state index in [-0.39, 0.29) is 0 Å². The number of hydrogen-bond acceptors (Lipinski definition) is 4. The van der Waals surface area contributed by atoms with E-state index in [1.807, 2.05) is 16.3 Å². The molecular formula is C14H24N6. The topological polar surface area (TPSA) is 60.6 Å². The normalized spacial score (nSPS) is 11.5. The zero-order valence-corrected chi connectivity index (χ0v) is 13.0. The molecule has 0 aliphatic heterocycles. The maximum atomic E-state index is 4.62. The Labute approximate surface area is 120 Å². The predicted molar refractivity (Wildman–Crippen MR) is 78.4 cm³/mol. The minimum Gasteiger partial charge on any atom is -0.319 e. The van der Waals surface area contributed by atoms with Gasteiger partial charge in [0.05, 0.1) is 5.69 Å². The Morgan fingerprint density at radius 2 is 2.05 bits per heavy atom.